The van der Waals surface area contributed by atoms with E-state index in [9.17, 15) is 4.39 Å². The van der Waals surface area contributed by atoms with Gasteiger partial charge in [0.1, 0.15) is 6.33 Å². The fourth-order valence-corrected chi connectivity index (χ4v) is 2.04. The van der Waals surface area contributed by atoms with Gasteiger partial charge < -0.3 is 4.74 Å². The zero-order valence-electron chi connectivity index (χ0n) is 12.0. The first-order valence-electron chi connectivity index (χ1n) is 6.91. The number of aryl methyl sites for hydroxylation is 1. The van der Waals surface area contributed by atoms with Gasteiger partial charge in [-0.05, 0) is 18.6 Å². The highest BCUT2D eigenvalue weighted by atomic mass is 19.1. The zero-order valence-corrected chi connectivity index (χ0v) is 12.0. The molecule has 6 nitrogen and oxygen atoms in total. The number of rotatable bonds is 5. The highest BCUT2D eigenvalue weighted by Crippen LogP contribution is 2.24. The monoisotopic (exact) mass is 299 g/mol. The van der Waals surface area contributed by atoms with E-state index in [4.69, 9.17) is 4.74 Å². The average molecular weight is 299 g/mol. The van der Waals surface area contributed by atoms with Gasteiger partial charge in [-0.2, -0.15) is 14.2 Å². The summed E-state index contributed by atoms with van der Waals surface area (Å²) in [7, 11) is 0. The zero-order chi connectivity index (χ0) is 15.4. The van der Waals surface area contributed by atoms with Crippen LogP contribution in [0.4, 0.5) is 4.39 Å². The highest BCUT2D eigenvalue weighted by Gasteiger charge is 2.12. The van der Waals surface area contributed by atoms with E-state index in [1.54, 1.807) is 30.6 Å². The molecule has 0 aliphatic rings. The molecule has 0 atom stereocenters. The van der Waals surface area contributed by atoms with Crippen LogP contribution in [-0.4, -0.2) is 24.7 Å². The van der Waals surface area contributed by atoms with Crippen LogP contribution in [0, 0.1) is 5.95 Å². The Morgan fingerprint density at radius 1 is 1.27 bits per heavy atom. The molecule has 0 aliphatic heterocycles. The molecule has 3 rings (SSSR count). The van der Waals surface area contributed by atoms with Crippen molar-refractivity contribution in [3.05, 3.63) is 54.5 Å². The smallest absolute Gasteiger partial charge is 0.227 e. The molecule has 0 saturated heterocycles. The van der Waals surface area contributed by atoms with Gasteiger partial charge in [-0.1, -0.05) is 19.4 Å². The Balaban J connectivity index is 1.93. The van der Waals surface area contributed by atoms with E-state index in [2.05, 4.69) is 27.0 Å². The molecule has 0 spiro atoms. The number of ether oxygens (including phenoxy) is 1. The Kier molecular flexibility index (Phi) is 4.04. The molecule has 0 N–H and O–H groups in total. The Hall–Kier alpha value is -2.83. The first kappa shape index (κ1) is 14.1. The average Bonchev–Trinajstić information content (AvgIpc) is 2.98. The molecule has 0 aromatic carbocycles. The van der Waals surface area contributed by atoms with Gasteiger partial charge in [-0.3, -0.25) is 0 Å². The highest BCUT2D eigenvalue weighted by molar-refractivity contribution is 5.31. The van der Waals surface area contributed by atoms with Crippen molar-refractivity contribution in [1.82, 2.24) is 24.7 Å². The van der Waals surface area contributed by atoms with Crippen molar-refractivity contribution in [2.45, 2.75) is 19.8 Å². The van der Waals surface area contributed by atoms with Crippen LogP contribution in [0.5, 0.6) is 11.8 Å². The number of aromatic nitrogens is 5. The third kappa shape index (κ3) is 2.93. The van der Waals surface area contributed by atoms with E-state index in [1.165, 1.54) is 17.1 Å². The number of hydrogen-bond acceptors (Lipinski definition) is 5. The SMILES string of the molecule is CCCc1cncnc1Oc1ccnn1-c1cccc(F)n1. The summed E-state index contributed by atoms with van der Waals surface area (Å²) in [6, 6.07) is 6.16. The summed E-state index contributed by atoms with van der Waals surface area (Å²) in [5.74, 6) is 0.642. The predicted octanol–water partition coefficient (Wildman–Crippen LogP) is 2.94. The summed E-state index contributed by atoms with van der Waals surface area (Å²) in [6.45, 7) is 2.07. The first-order valence-corrected chi connectivity index (χ1v) is 6.91. The number of pyridine rings is 1. The molecule has 0 saturated carbocycles. The van der Waals surface area contributed by atoms with Gasteiger partial charge in [0.25, 0.3) is 0 Å². The third-order valence-electron chi connectivity index (χ3n) is 2.99. The second-order valence-electron chi connectivity index (χ2n) is 4.60. The molecular formula is C15H14FN5O. The maximum absolute atomic E-state index is 13.3. The van der Waals surface area contributed by atoms with E-state index in [1.807, 2.05) is 0 Å². The fraction of sp³-hybridized carbons (Fsp3) is 0.200. The van der Waals surface area contributed by atoms with Crippen molar-refractivity contribution in [2.75, 3.05) is 0 Å². The lowest BCUT2D eigenvalue weighted by Gasteiger charge is -2.10. The minimum absolute atomic E-state index is 0.339. The van der Waals surface area contributed by atoms with Crippen molar-refractivity contribution in [2.24, 2.45) is 0 Å². The summed E-state index contributed by atoms with van der Waals surface area (Å²) < 4.78 is 20.5. The summed E-state index contributed by atoms with van der Waals surface area (Å²) >= 11 is 0. The van der Waals surface area contributed by atoms with E-state index < -0.39 is 5.95 Å². The quantitative estimate of drug-likeness (QED) is 0.678. The van der Waals surface area contributed by atoms with Gasteiger partial charge >= 0.3 is 0 Å². The Morgan fingerprint density at radius 2 is 2.18 bits per heavy atom. The van der Waals surface area contributed by atoms with Gasteiger partial charge in [0.2, 0.25) is 17.7 Å². The number of hydrogen-bond donors (Lipinski definition) is 0. The lowest BCUT2D eigenvalue weighted by atomic mass is 10.2. The maximum atomic E-state index is 13.3. The lowest BCUT2D eigenvalue weighted by Crippen LogP contribution is -2.04. The summed E-state index contributed by atoms with van der Waals surface area (Å²) in [5.41, 5.74) is 0.907. The molecule has 3 aromatic rings. The van der Waals surface area contributed by atoms with Gasteiger partial charge in [0, 0.05) is 17.8 Å². The molecule has 0 aliphatic carbocycles. The van der Waals surface area contributed by atoms with Crippen LogP contribution in [-0.2, 0) is 6.42 Å². The van der Waals surface area contributed by atoms with Crippen LogP contribution in [0.3, 0.4) is 0 Å². The largest absolute Gasteiger partial charge is 0.420 e. The van der Waals surface area contributed by atoms with Crippen molar-refractivity contribution in [3.8, 4) is 17.6 Å². The van der Waals surface area contributed by atoms with E-state index >= 15 is 0 Å². The number of halogens is 1. The molecule has 0 amide bonds. The van der Waals surface area contributed by atoms with Gasteiger partial charge in [-0.25, -0.2) is 15.0 Å². The van der Waals surface area contributed by atoms with Crippen molar-refractivity contribution in [1.29, 1.82) is 0 Å². The van der Waals surface area contributed by atoms with E-state index in [0.717, 1.165) is 18.4 Å². The van der Waals surface area contributed by atoms with Crippen LogP contribution in [0.25, 0.3) is 5.82 Å². The van der Waals surface area contributed by atoms with E-state index in [0.29, 0.717) is 17.6 Å². The fourth-order valence-electron chi connectivity index (χ4n) is 2.04. The number of nitrogens with zero attached hydrogens (tertiary/aromatic N) is 5. The molecule has 3 aromatic heterocycles. The van der Waals surface area contributed by atoms with Crippen LogP contribution in [0.1, 0.15) is 18.9 Å². The second kappa shape index (κ2) is 6.30. The lowest BCUT2D eigenvalue weighted by molar-refractivity contribution is 0.418. The molecule has 7 heteroatoms. The van der Waals surface area contributed by atoms with Gasteiger partial charge in [0.05, 0.1) is 6.20 Å². The Morgan fingerprint density at radius 3 is 3.00 bits per heavy atom. The van der Waals surface area contributed by atoms with Gasteiger partial charge in [-0.15, -0.1) is 0 Å². The third-order valence-corrected chi connectivity index (χ3v) is 2.99. The molecule has 0 bridgehead atoms. The van der Waals surface area contributed by atoms with Crippen LogP contribution >= 0.6 is 0 Å². The molecule has 0 fully saturated rings. The summed E-state index contributed by atoms with van der Waals surface area (Å²) in [5, 5.41) is 4.12. The normalized spacial score (nSPS) is 10.6. The summed E-state index contributed by atoms with van der Waals surface area (Å²) in [6.07, 6.45) is 6.47. The minimum atomic E-state index is -0.576. The van der Waals surface area contributed by atoms with Crippen LogP contribution < -0.4 is 4.74 Å². The van der Waals surface area contributed by atoms with E-state index in [-0.39, 0.29) is 0 Å². The molecule has 0 unspecified atom stereocenters. The second-order valence-corrected chi connectivity index (χ2v) is 4.60. The molecule has 3 heterocycles. The van der Waals surface area contributed by atoms with Crippen molar-refractivity contribution >= 4 is 0 Å². The van der Waals surface area contributed by atoms with Crippen molar-refractivity contribution < 1.29 is 9.13 Å². The molecule has 112 valence electrons. The Labute approximate surface area is 126 Å². The van der Waals surface area contributed by atoms with Crippen LogP contribution in [0.2, 0.25) is 0 Å². The molecular weight excluding hydrogens is 285 g/mol. The minimum Gasteiger partial charge on any atom is -0.420 e. The van der Waals surface area contributed by atoms with Crippen molar-refractivity contribution in [3.63, 3.8) is 0 Å². The summed E-state index contributed by atoms with van der Waals surface area (Å²) in [4.78, 5) is 12.0. The molecule has 22 heavy (non-hydrogen) atoms. The van der Waals surface area contributed by atoms with Crippen LogP contribution in [0.15, 0.2) is 43.0 Å². The topological polar surface area (TPSA) is 65.7 Å². The van der Waals surface area contributed by atoms with Gasteiger partial charge in [0.15, 0.2) is 5.82 Å². The first-order chi connectivity index (χ1) is 10.8. The maximum Gasteiger partial charge on any atom is 0.227 e. The Bertz CT molecular complexity index is 774. The molecule has 0 radical (unpaired) electrons. The predicted molar refractivity (Wildman–Crippen MR) is 77.4 cm³/mol. The standard InChI is InChI=1S/C15H14FN5O/c1-2-4-11-9-17-10-18-15(11)22-14-7-8-19-21(14)13-6-3-5-12(16)20-13/h3,5-10H,2,4H2,1H3.